The summed E-state index contributed by atoms with van der Waals surface area (Å²) < 4.78 is 44.3. The standard InChI is InChI=1S/C34H36F2N6O3/c1-2-18-5-3-6-19-11-22(43)12-23(26(18)19)29-28(36)30-27-31(42-15-21-7-8-24(37-21)25(42)16-44-32(27)38-29)40-33(39-30)45-17-34-9-4-10-41(34)14-20(35)13-34/h3,5-6,11-12,20-21,24-25,37,43H,2,4,7-10,13-17H2,1H3/t20-,21-,24+,25+,34+/m0/s1. The molecular formula is C34H36F2N6O3. The summed E-state index contributed by atoms with van der Waals surface area (Å²) in [5, 5.41) is 16.5. The molecule has 9 rings (SSSR count). The average Bonchev–Trinajstić information content (AvgIpc) is 3.67. The first kappa shape index (κ1) is 27.5. The predicted octanol–water partition coefficient (Wildman–Crippen LogP) is 4.91. The lowest BCUT2D eigenvalue weighted by molar-refractivity contribution is 0.107. The van der Waals surface area contributed by atoms with Crippen molar-refractivity contribution in [2.24, 2.45) is 0 Å². The first-order chi connectivity index (χ1) is 21.9. The van der Waals surface area contributed by atoms with E-state index >= 15 is 4.39 Å². The third kappa shape index (κ3) is 4.19. The molecule has 0 unspecified atom stereocenters. The summed E-state index contributed by atoms with van der Waals surface area (Å²) in [7, 11) is 0. The zero-order chi connectivity index (χ0) is 30.4. The maximum Gasteiger partial charge on any atom is 0.319 e. The van der Waals surface area contributed by atoms with E-state index in [4.69, 9.17) is 19.4 Å². The van der Waals surface area contributed by atoms with Crippen LogP contribution < -0.4 is 19.7 Å². The second-order valence-corrected chi connectivity index (χ2v) is 13.4. The lowest BCUT2D eigenvalue weighted by Gasteiger charge is -2.40. The van der Waals surface area contributed by atoms with Gasteiger partial charge in [-0.2, -0.15) is 9.97 Å². The van der Waals surface area contributed by atoms with Crippen molar-refractivity contribution in [1.82, 2.24) is 25.2 Å². The summed E-state index contributed by atoms with van der Waals surface area (Å²) >= 11 is 0. The van der Waals surface area contributed by atoms with E-state index in [1.807, 2.05) is 25.1 Å². The second kappa shape index (κ2) is 10.1. The topological polar surface area (TPSA) is 95.9 Å². The van der Waals surface area contributed by atoms with Crippen molar-refractivity contribution in [3.8, 4) is 28.9 Å². The molecule has 234 valence electrons. The van der Waals surface area contributed by atoms with Crippen LogP contribution in [0.3, 0.4) is 0 Å². The number of alkyl halides is 1. The Morgan fingerprint density at radius 1 is 1.16 bits per heavy atom. The molecule has 4 saturated heterocycles. The quantitative estimate of drug-likeness (QED) is 0.325. The molecular weight excluding hydrogens is 578 g/mol. The van der Waals surface area contributed by atoms with Crippen LogP contribution in [-0.4, -0.2) is 87.6 Å². The number of fused-ring (bicyclic) bond motifs is 7. The lowest BCUT2D eigenvalue weighted by atomic mass is 9.95. The van der Waals surface area contributed by atoms with Gasteiger partial charge in [0.05, 0.1) is 11.6 Å². The minimum absolute atomic E-state index is 0.0187. The molecule has 9 nitrogen and oxygen atoms in total. The van der Waals surface area contributed by atoms with Crippen LogP contribution in [0, 0.1) is 5.82 Å². The van der Waals surface area contributed by atoms with E-state index in [0.29, 0.717) is 48.9 Å². The SMILES string of the molecule is CCc1cccc2cc(O)cc(-c3nc4c5c(nc(OC[C@]67CCCN6C[C@@H](F)C7)nc5c3F)N3C[C@@H]5CC[C@@H](N5)[C@H]3CO4)c12. The number of anilines is 1. The summed E-state index contributed by atoms with van der Waals surface area (Å²) in [6.45, 7) is 4.63. The number of nitrogens with zero attached hydrogens (tertiary/aromatic N) is 5. The molecule has 4 fully saturated rings. The number of benzene rings is 2. The van der Waals surface area contributed by atoms with Crippen LogP contribution in [0.1, 0.15) is 44.6 Å². The van der Waals surface area contributed by atoms with E-state index in [1.165, 1.54) is 0 Å². The highest BCUT2D eigenvalue weighted by Gasteiger charge is 2.50. The zero-order valence-electron chi connectivity index (χ0n) is 25.2. The van der Waals surface area contributed by atoms with Gasteiger partial charge in [-0.25, -0.2) is 13.8 Å². The van der Waals surface area contributed by atoms with Crippen molar-refractivity contribution in [2.75, 3.05) is 37.7 Å². The molecule has 2 N–H and O–H groups in total. The van der Waals surface area contributed by atoms with Crippen LogP contribution in [0.15, 0.2) is 30.3 Å². The van der Waals surface area contributed by atoms with Gasteiger partial charge < -0.3 is 24.8 Å². The molecule has 0 saturated carbocycles. The molecule has 5 aliphatic rings. The van der Waals surface area contributed by atoms with E-state index < -0.39 is 17.5 Å². The Kier molecular flexibility index (Phi) is 6.16. The van der Waals surface area contributed by atoms with Crippen LogP contribution in [0.4, 0.5) is 14.6 Å². The van der Waals surface area contributed by atoms with Crippen molar-refractivity contribution < 1.29 is 23.4 Å². The third-order valence-electron chi connectivity index (χ3n) is 10.8. The van der Waals surface area contributed by atoms with Crippen LogP contribution in [0.2, 0.25) is 0 Å². The summed E-state index contributed by atoms with van der Waals surface area (Å²) in [6.07, 6.45) is 4.18. The smallest absolute Gasteiger partial charge is 0.319 e. The first-order valence-electron chi connectivity index (χ1n) is 16.2. The van der Waals surface area contributed by atoms with Crippen LogP contribution >= 0.6 is 0 Å². The maximum absolute atomic E-state index is 17.0. The summed E-state index contributed by atoms with van der Waals surface area (Å²) in [6, 6.07) is 9.68. The Morgan fingerprint density at radius 2 is 2.07 bits per heavy atom. The summed E-state index contributed by atoms with van der Waals surface area (Å²) in [4.78, 5) is 18.8. The molecule has 7 heterocycles. The van der Waals surface area contributed by atoms with Crippen molar-refractivity contribution in [2.45, 2.75) is 75.3 Å². The van der Waals surface area contributed by atoms with Crippen molar-refractivity contribution in [3.63, 3.8) is 0 Å². The highest BCUT2D eigenvalue weighted by molar-refractivity contribution is 6.03. The number of piperazine rings is 1. The van der Waals surface area contributed by atoms with Gasteiger partial charge >= 0.3 is 6.01 Å². The molecule has 5 aliphatic heterocycles. The Morgan fingerprint density at radius 3 is 2.96 bits per heavy atom. The number of rotatable bonds is 5. The van der Waals surface area contributed by atoms with Gasteiger partial charge in [-0.3, -0.25) is 4.90 Å². The number of hydrogen-bond acceptors (Lipinski definition) is 9. The fourth-order valence-electron chi connectivity index (χ4n) is 8.78. The molecule has 45 heavy (non-hydrogen) atoms. The number of phenols is 1. The predicted molar refractivity (Wildman–Crippen MR) is 166 cm³/mol. The Bertz CT molecular complexity index is 1860. The number of nitrogens with one attached hydrogen (secondary N) is 1. The summed E-state index contributed by atoms with van der Waals surface area (Å²) in [5.41, 5.74) is 1.24. The Labute approximate surface area is 259 Å². The van der Waals surface area contributed by atoms with E-state index in [0.717, 1.165) is 55.0 Å². The van der Waals surface area contributed by atoms with Gasteiger partial charge in [0.2, 0.25) is 5.88 Å². The summed E-state index contributed by atoms with van der Waals surface area (Å²) in [5.74, 6) is 0.240. The van der Waals surface area contributed by atoms with Gasteiger partial charge in [0.15, 0.2) is 5.82 Å². The van der Waals surface area contributed by atoms with Gasteiger partial charge in [0.1, 0.15) is 47.5 Å². The van der Waals surface area contributed by atoms with Crippen LogP contribution in [-0.2, 0) is 6.42 Å². The van der Waals surface area contributed by atoms with E-state index in [-0.39, 0.29) is 47.5 Å². The van der Waals surface area contributed by atoms with Gasteiger partial charge in [-0.05, 0) is 67.1 Å². The number of phenolic OH excluding ortho intramolecular Hbond substituents is 1. The van der Waals surface area contributed by atoms with Gasteiger partial charge in [0.25, 0.3) is 0 Å². The van der Waals surface area contributed by atoms with Crippen LogP contribution in [0.5, 0.6) is 17.6 Å². The molecule has 11 heteroatoms. The molecule has 0 aliphatic carbocycles. The molecule has 2 aromatic carbocycles. The Balaban J connectivity index is 1.24. The van der Waals surface area contributed by atoms with Gasteiger partial charge in [-0.15, -0.1) is 0 Å². The number of halogens is 2. The van der Waals surface area contributed by atoms with Crippen molar-refractivity contribution >= 4 is 27.5 Å². The van der Waals surface area contributed by atoms with Crippen molar-refractivity contribution in [3.05, 3.63) is 41.7 Å². The maximum atomic E-state index is 17.0. The number of pyridine rings is 1. The monoisotopic (exact) mass is 614 g/mol. The fraction of sp³-hybridized carbons (Fsp3) is 0.500. The van der Waals surface area contributed by atoms with Crippen molar-refractivity contribution in [1.29, 1.82) is 0 Å². The van der Waals surface area contributed by atoms with E-state index in [9.17, 15) is 9.50 Å². The second-order valence-electron chi connectivity index (χ2n) is 13.4. The van der Waals surface area contributed by atoms with E-state index in [2.05, 4.69) is 20.1 Å². The number of ether oxygens (including phenoxy) is 2. The number of aromatic hydroxyl groups is 1. The minimum Gasteiger partial charge on any atom is -0.508 e. The fourth-order valence-corrected chi connectivity index (χ4v) is 8.78. The molecule has 0 radical (unpaired) electrons. The van der Waals surface area contributed by atoms with Crippen LogP contribution in [0.25, 0.3) is 32.9 Å². The molecule has 4 aromatic rings. The number of aromatic nitrogens is 3. The minimum atomic E-state index is -0.885. The molecule has 2 bridgehead atoms. The zero-order valence-corrected chi connectivity index (χ0v) is 25.2. The highest BCUT2D eigenvalue weighted by atomic mass is 19.1. The molecule has 0 amide bonds. The van der Waals surface area contributed by atoms with Gasteiger partial charge in [-0.1, -0.05) is 25.1 Å². The molecule has 2 aromatic heterocycles. The molecule has 5 atom stereocenters. The highest BCUT2D eigenvalue weighted by Crippen LogP contribution is 2.45. The van der Waals surface area contributed by atoms with E-state index in [1.54, 1.807) is 12.1 Å². The first-order valence-corrected chi connectivity index (χ1v) is 16.2. The number of hydrogen-bond donors (Lipinski definition) is 2. The number of aryl methyl sites for hydroxylation is 1. The Hall–Kier alpha value is -3.83. The average molecular weight is 615 g/mol. The van der Waals surface area contributed by atoms with Gasteiger partial charge in [0, 0.05) is 37.2 Å². The largest absolute Gasteiger partial charge is 0.508 e. The normalized spacial score (nSPS) is 28.7. The lowest BCUT2D eigenvalue weighted by Crippen LogP contribution is -2.60. The third-order valence-corrected chi connectivity index (χ3v) is 10.8. The molecule has 0 spiro atoms.